The summed E-state index contributed by atoms with van der Waals surface area (Å²) in [5.74, 6) is 1.92. The average molecular weight is 260 g/mol. The number of rotatable bonds is 6. The summed E-state index contributed by atoms with van der Waals surface area (Å²) in [4.78, 5) is 15.7. The van der Waals surface area contributed by atoms with Crippen molar-refractivity contribution in [2.24, 2.45) is 10.6 Å². The SMILES string of the molecule is CCCCSCC(=NOC(=O)NC)C(C)(C)C. The Morgan fingerprint density at radius 3 is 2.53 bits per heavy atom. The molecule has 100 valence electrons. The van der Waals surface area contributed by atoms with Gasteiger partial charge in [0.1, 0.15) is 0 Å². The van der Waals surface area contributed by atoms with E-state index < -0.39 is 6.09 Å². The molecule has 0 aliphatic carbocycles. The molecular weight excluding hydrogens is 236 g/mol. The molecular formula is C12H24N2O2S. The van der Waals surface area contributed by atoms with Gasteiger partial charge in [0.15, 0.2) is 0 Å². The summed E-state index contributed by atoms with van der Waals surface area (Å²) in [5, 5.41) is 6.32. The molecule has 0 rings (SSSR count). The first-order valence-electron chi connectivity index (χ1n) is 5.95. The van der Waals surface area contributed by atoms with Gasteiger partial charge in [0, 0.05) is 18.2 Å². The maximum absolute atomic E-state index is 11.0. The number of carbonyl (C=O) groups is 1. The fourth-order valence-corrected chi connectivity index (χ4v) is 2.25. The van der Waals surface area contributed by atoms with E-state index in [2.05, 4.69) is 38.2 Å². The van der Waals surface area contributed by atoms with Gasteiger partial charge in [-0.05, 0) is 12.2 Å². The lowest BCUT2D eigenvalue weighted by Gasteiger charge is -2.20. The number of unbranched alkanes of at least 4 members (excludes halogenated alkanes) is 1. The molecule has 0 atom stereocenters. The fraction of sp³-hybridized carbons (Fsp3) is 0.833. The van der Waals surface area contributed by atoms with E-state index in [0.29, 0.717) is 0 Å². The highest BCUT2D eigenvalue weighted by Crippen LogP contribution is 2.20. The second-order valence-electron chi connectivity index (χ2n) is 4.82. The smallest absolute Gasteiger partial charge is 0.323 e. The first-order valence-corrected chi connectivity index (χ1v) is 7.11. The molecule has 0 saturated carbocycles. The molecule has 5 heteroatoms. The average Bonchev–Trinajstić information content (AvgIpc) is 2.25. The van der Waals surface area contributed by atoms with Crippen molar-refractivity contribution in [1.29, 1.82) is 0 Å². The van der Waals surface area contributed by atoms with Crippen molar-refractivity contribution in [3.63, 3.8) is 0 Å². The highest BCUT2D eigenvalue weighted by molar-refractivity contribution is 7.99. The van der Waals surface area contributed by atoms with Crippen LogP contribution in [-0.2, 0) is 4.84 Å². The van der Waals surface area contributed by atoms with Crippen molar-refractivity contribution < 1.29 is 9.63 Å². The molecule has 0 spiro atoms. The van der Waals surface area contributed by atoms with Crippen LogP contribution in [-0.4, -0.2) is 30.4 Å². The van der Waals surface area contributed by atoms with E-state index >= 15 is 0 Å². The quantitative estimate of drug-likeness (QED) is 0.345. The topological polar surface area (TPSA) is 50.7 Å². The van der Waals surface area contributed by atoms with Crippen molar-refractivity contribution >= 4 is 23.6 Å². The van der Waals surface area contributed by atoms with Gasteiger partial charge in [-0.2, -0.15) is 11.8 Å². The van der Waals surface area contributed by atoms with Crippen molar-refractivity contribution in [1.82, 2.24) is 5.32 Å². The van der Waals surface area contributed by atoms with Crippen LogP contribution in [0.3, 0.4) is 0 Å². The number of nitrogens with zero attached hydrogens (tertiary/aromatic N) is 1. The summed E-state index contributed by atoms with van der Waals surface area (Å²) in [7, 11) is 1.52. The lowest BCUT2D eigenvalue weighted by atomic mass is 9.91. The summed E-state index contributed by atoms with van der Waals surface area (Å²) >= 11 is 1.83. The zero-order valence-corrected chi connectivity index (χ0v) is 12.3. The molecule has 0 fully saturated rings. The summed E-state index contributed by atoms with van der Waals surface area (Å²) in [6, 6.07) is 0. The molecule has 1 N–H and O–H groups in total. The Bertz CT molecular complexity index is 260. The molecule has 0 aliphatic rings. The van der Waals surface area contributed by atoms with Crippen LogP contribution in [0.15, 0.2) is 5.16 Å². The minimum absolute atomic E-state index is 0.0762. The molecule has 0 aromatic heterocycles. The number of carbonyl (C=O) groups excluding carboxylic acids is 1. The molecule has 0 unspecified atom stereocenters. The van der Waals surface area contributed by atoms with Gasteiger partial charge in [-0.3, -0.25) is 4.84 Å². The van der Waals surface area contributed by atoms with Crippen molar-refractivity contribution in [3.05, 3.63) is 0 Å². The molecule has 0 aromatic carbocycles. The molecule has 17 heavy (non-hydrogen) atoms. The van der Waals surface area contributed by atoms with E-state index in [0.717, 1.165) is 17.2 Å². The standard InChI is InChI=1S/C12H24N2O2S/c1-6-7-8-17-9-10(12(2,3)4)14-16-11(15)13-5/h6-9H2,1-5H3,(H,13,15). The maximum Gasteiger partial charge on any atom is 0.433 e. The molecule has 1 amide bonds. The maximum atomic E-state index is 11.0. The third-order valence-corrected chi connectivity index (χ3v) is 3.24. The molecule has 0 heterocycles. The third kappa shape index (κ3) is 8.07. The van der Waals surface area contributed by atoms with E-state index in [9.17, 15) is 4.79 Å². The summed E-state index contributed by atoms with van der Waals surface area (Å²) in [6.07, 6.45) is 1.88. The molecule has 0 bridgehead atoms. The lowest BCUT2D eigenvalue weighted by Crippen LogP contribution is -2.25. The van der Waals surface area contributed by atoms with E-state index in [1.807, 2.05) is 11.8 Å². The Hall–Kier alpha value is -0.710. The minimum Gasteiger partial charge on any atom is -0.323 e. The Balaban J connectivity index is 4.29. The number of thioether (sulfide) groups is 1. The van der Waals surface area contributed by atoms with Gasteiger partial charge in [0.2, 0.25) is 0 Å². The Kier molecular flexibility index (Phi) is 8.04. The van der Waals surface area contributed by atoms with Crippen molar-refractivity contribution in [2.45, 2.75) is 40.5 Å². The third-order valence-electron chi connectivity index (χ3n) is 2.19. The van der Waals surface area contributed by atoms with E-state index in [1.54, 1.807) is 0 Å². The number of hydrogen-bond acceptors (Lipinski definition) is 4. The van der Waals surface area contributed by atoms with Crippen LogP contribution in [0.4, 0.5) is 4.79 Å². The van der Waals surface area contributed by atoms with Gasteiger partial charge in [0.25, 0.3) is 0 Å². The lowest BCUT2D eigenvalue weighted by molar-refractivity contribution is 0.152. The van der Waals surface area contributed by atoms with Crippen molar-refractivity contribution in [3.8, 4) is 0 Å². The minimum atomic E-state index is -0.523. The van der Waals surface area contributed by atoms with Gasteiger partial charge < -0.3 is 5.32 Å². The number of amides is 1. The number of nitrogens with one attached hydrogen (secondary N) is 1. The van der Waals surface area contributed by atoms with Gasteiger partial charge in [-0.25, -0.2) is 4.79 Å². The van der Waals surface area contributed by atoms with E-state index in [-0.39, 0.29) is 5.41 Å². The molecule has 0 aromatic rings. The zero-order valence-electron chi connectivity index (χ0n) is 11.5. The molecule has 0 radical (unpaired) electrons. The normalized spacial score (nSPS) is 12.4. The second-order valence-corrected chi connectivity index (χ2v) is 5.93. The Morgan fingerprint density at radius 2 is 2.06 bits per heavy atom. The molecule has 4 nitrogen and oxygen atoms in total. The van der Waals surface area contributed by atoms with E-state index in [1.165, 1.54) is 19.9 Å². The van der Waals surface area contributed by atoms with Crippen LogP contribution in [0.2, 0.25) is 0 Å². The van der Waals surface area contributed by atoms with Gasteiger partial charge in [-0.1, -0.05) is 39.3 Å². The summed E-state index contributed by atoms with van der Waals surface area (Å²) < 4.78 is 0. The zero-order chi connectivity index (χ0) is 13.3. The number of oxime groups is 1. The summed E-state index contributed by atoms with van der Waals surface area (Å²) in [6.45, 7) is 8.38. The Morgan fingerprint density at radius 1 is 1.41 bits per heavy atom. The first kappa shape index (κ1) is 16.3. The predicted octanol–water partition coefficient (Wildman–Crippen LogP) is 3.28. The summed E-state index contributed by atoms with van der Waals surface area (Å²) in [5.41, 5.74) is 0.829. The van der Waals surface area contributed by atoms with Gasteiger partial charge in [-0.15, -0.1) is 0 Å². The largest absolute Gasteiger partial charge is 0.433 e. The van der Waals surface area contributed by atoms with Gasteiger partial charge in [0.05, 0.1) is 5.71 Å². The van der Waals surface area contributed by atoms with Crippen molar-refractivity contribution in [2.75, 3.05) is 18.6 Å². The second kappa shape index (κ2) is 8.39. The fourth-order valence-electron chi connectivity index (χ4n) is 0.937. The van der Waals surface area contributed by atoms with Crippen LogP contribution in [0.5, 0.6) is 0 Å². The first-order chi connectivity index (χ1) is 7.91. The molecule has 0 saturated heterocycles. The van der Waals surface area contributed by atoms with Gasteiger partial charge >= 0.3 is 6.09 Å². The highest BCUT2D eigenvalue weighted by Gasteiger charge is 2.20. The van der Waals surface area contributed by atoms with Crippen LogP contribution >= 0.6 is 11.8 Å². The number of hydrogen-bond donors (Lipinski definition) is 1. The predicted molar refractivity (Wildman–Crippen MR) is 74.7 cm³/mol. The Labute approximate surface area is 109 Å². The van der Waals surface area contributed by atoms with E-state index in [4.69, 9.17) is 4.84 Å². The van der Waals surface area contributed by atoms with Crippen LogP contribution in [0.1, 0.15) is 40.5 Å². The monoisotopic (exact) mass is 260 g/mol. The van der Waals surface area contributed by atoms with Crippen LogP contribution < -0.4 is 5.32 Å². The highest BCUT2D eigenvalue weighted by atomic mass is 32.2. The molecule has 0 aliphatic heterocycles. The van der Waals surface area contributed by atoms with Crippen LogP contribution in [0.25, 0.3) is 0 Å². The van der Waals surface area contributed by atoms with Crippen LogP contribution in [0, 0.1) is 5.41 Å².